The first-order valence-electron chi connectivity index (χ1n) is 14.6. The number of piperidine rings is 1. The van der Waals surface area contributed by atoms with Crippen molar-refractivity contribution in [2.75, 3.05) is 25.9 Å². The summed E-state index contributed by atoms with van der Waals surface area (Å²) in [5.41, 5.74) is 11.9. The maximum atomic E-state index is 9.90. The molecule has 0 amide bonds. The molecule has 1 aliphatic carbocycles. The van der Waals surface area contributed by atoms with Crippen LogP contribution in [0.25, 0.3) is 33.3 Å². The number of hydrogen-bond donors (Lipinski definition) is 3. The van der Waals surface area contributed by atoms with E-state index in [1.807, 2.05) is 24.3 Å². The van der Waals surface area contributed by atoms with Crippen LogP contribution in [-0.2, 0) is 6.42 Å². The molecule has 1 saturated carbocycles. The third-order valence-corrected chi connectivity index (χ3v) is 8.90. The highest BCUT2D eigenvalue weighted by Gasteiger charge is 2.31. The average molecular weight is 553 g/mol. The van der Waals surface area contributed by atoms with E-state index in [2.05, 4.69) is 42.7 Å². The maximum absolute atomic E-state index is 9.90. The standard InChI is InChI=1S/C31H36N8O2/c1-41-26-5-3-2-4-19(26)17-27-35-24-11-6-20(16-25(24)36-27)29-28-30(32)33-18-34-31(28)39(37-29)22-9-7-21(8-10-22)38-14-12-23(40)13-15-38/h2-6,11,16,18,21-23,40H,7-10,12-15,17H2,1H3,(H,35,36)(H2,32,33,34). The van der Waals surface area contributed by atoms with Gasteiger partial charge in [0, 0.05) is 36.7 Å². The largest absolute Gasteiger partial charge is 0.496 e. The van der Waals surface area contributed by atoms with Gasteiger partial charge in [-0.25, -0.2) is 19.6 Å². The Morgan fingerprint density at radius 1 is 1.00 bits per heavy atom. The third kappa shape index (κ3) is 4.91. The number of imidazole rings is 1. The molecule has 10 heteroatoms. The lowest BCUT2D eigenvalue weighted by molar-refractivity contribution is 0.0456. The van der Waals surface area contributed by atoms with Crippen molar-refractivity contribution in [3.63, 3.8) is 0 Å². The summed E-state index contributed by atoms with van der Waals surface area (Å²) in [4.78, 5) is 19.8. The van der Waals surface area contributed by atoms with Crippen LogP contribution in [0.15, 0.2) is 48.8 Å². The number of para-hydroxylation sites is 1. The molecule has 3 aromatic heterocycles. The second-order valence-electron chi connectivity index (χ2n) is 11.4. The lowest BCUT2D eigenvalue weighted by atomic mass is 9.89. The fourth-order valence-corrected chi connectivity index (χ4v) is 6.69. The van der Waals surface area contributed by atoms with Gasteiger partial charge in [-0.1, -0.05) is 24.3 Å². The van der Waals surface area contributed by atoms with Gasteiger partial charge in [0.2, 0.25) is 0 Å². The summed E-state index contributed by atoms with van der Waals surface area (Å²) in [6.07, 6.45) is 8.12. The van der Waals surface area contributed by atoms with Gasteiger partial charge in [-0.05, 0) is 56.7 Å². The molecule has 10 nitrogen and oxygen atoms in total. The van der Waals surface area contributed by atoms with E-state index < -0.39 is 0 Å². The third-order valence-electron chi connectivity index (χ3n) is 8.90. The van der Waals surface area contributed by atoms with E-state index in [0.717, 1.165) is 102 Å². The fraction of sp³-hybridized carbons (Fsp3) is 0.419. The van der Waals surface area contributed by atoms with Gasteiger partial charge in [0.05, 0.1) is 35.7 Å². The number of anilines is 1. The van der Waals surface area contributed by atoms with Gasteiger partial charge in [-0.15, -0.1) is 0 Å². The van der Waals surface area contributed by atoms with E-state index in [9.17, 15) is 5.11 Å². The van der Waals surface area contributed by atoms with Crippen molar-refractivity contribution < 1.29 is 9.84 Å². The van der Waals surface area contributed by atoms with Crippen molar-refractivity contribution in [3.05, 3.63) is 60.2 Å². The van der Waals surface area contributed by atoms with E-state index in [-0.39, 0.29) is 12.1 Å². The zero-order valence-corrected chi connectivity index (χ0v) is 23.3. The number of aromatic amines is 1. The maximum Gasteiger partial charge on any atom is 0.164 e. The molecule has 0 bridgehead atoms. The molecule has 212 valence electrons. The Morgan fingerprint density at radius 2 is 1.78 bits per heavy atom. The Labute approximate surface area is 238 Å². The Morgan fingerprint density at radius 3 is 2.59 bits per heavy atom. The Balaban J connectivity index is 1.17. The highest BCUT2D eigenvalue weighted by Crippen LogP contribution is 2.38. The number of aliphatic hydroxyl groups excluding tert-OH is 1. The monoisotopic (exact) mass is 552 g/mol. The highest BCUT2D eigenvalue weighted by molar-refractivity contribution is 5.99. The number of methoxy groups -OCH3 is 1. The first kappa shape index (κ1) is 25.9. The van der Waals surface area contributed by atoms with E-state index in [0.29, 0.717) is 18.3 Å². The fourth-order valence-electron chi connectivity index (χ4n) is 6.69. The molecule has 41 heavy (non-hydrogen) atoms. The van der Waals surface area contributed by atoms with Crippen LogP contribution < -0.4 is 10.5 Å². The van der Waals surface area contributed by atoms with Crippen LogP contribution in [0.1, 0.15) is 56.0 Å². The van der Waals surface area contributed by atoms with Crippen molar-refractivity contribution in [3.8, 4) is 17.0 Å². The number of rotatable bonds is 6. The molecule has 0 unspecified atom stereocenters. The minimum atomic E-state index is -0.137. The molecular formula is C31H36N8O2. The Bertz CT molecular complexity index is 1680. The molecule has 4 N–H and O–H groups in total. The first-order chi connectivity index (χ1) is 20.1. The molecule has 5 aromatic rings. The average Bonchev–Trinajstić information content (AvgIpc) is 3.59. The number of nitrogens with one attached hydrogen (secondary N) is 1. The molecule has 7 rings (SSSR count). The quantitative estimate of drug-likeness (QED) is 0.281. The number of H-pyrrole nitrogens is 1. The van der Waals surface area contributed by atoms with Crippen LogP contribution in [0, 0.1) is 0 Å². The minimum absolute atomic E-state index is 0.137. The van der Waals surface area contributed by atoms with Crippen molar-refractivity contribution in [1.29, 1.82) is 0 Å². The number of nitrogens with two attached hydrogens (primary N) is 1. The summed E-state index contributed by atoms with van der Waals surface area (Å²) in [5, 5.41) is 15.8. The first-order valence-corrected chi connectivity index (χ1v) is 14.6. The summed E-state index contributed by atoms with van der Waals surface area (Å²) in [6.45, 7) is 1.98. The number of fused-ring (bicyclic) bond motifs is 2. The molecule has 0 spiro atoms. The molecule has 2 fully saturated rings. The normalized spacial score (nSPS) is 20.6. The second-order valence-corrected chi connectivity index (χ2v) is 11.4. The molecule has 2 aliphatic rings. The second kappa shape index (κ2) is 10.8. The van der Waals surface area contributed by atoms with Gasteiger partial charge < -0.3 is 25.5 Å². The molecule has 1 aliphatic heterocycles. The lowest BCUT2D eigenvalue weighted by Gasteiger charge is -2.40. The van der Waals surface area contributed by atoms with Gasteiger partial charge in [0.1, 0.15) is 29.4 Å². The van der Waals surface area contributed by atoms with Crippen LogP contribution in [0.4, 0.5) is 5.82 Å². The van der Waals surface area contributed by atoms with Crippen LogP contribution in [-0.4, -0.2) is 72.1 Å². The summed E-state index contributed by atoms with van der Waals surface area (Å²) in [6, 6.07) is 15.0. The summed E-state index contributed by atoms with van der Waals surface area (Å²) >= 11 is 0. The summed E-state index contributed by atoms with van der Waals surface area (Å²) < 4.78 is 7.61. The van der Waals surface area contributed by atoms with Crippen LogP contribution in [0.3, 0.4) is 0 Å². The highest BCUT2D eigenvalue weighted by atomic mass is 16.5. The topological polar surface area (TPSA) is 131 Å². The number of aromatic nitrogens is 6. The van der Waals surface area contributed by atoms with E-state index in [1.165, 1.54) is 6.33 Å². The Kier molecular flexibility index (Phi) is 6.80. The van der Waals surface area contributed by atoms with Crippen LogP contribution >= 0.6 is 0 Å². The van der Waals surface area contributed by atoms with Gasteiger partial charge in [-0.2, -0.15) is 5.10 Å². The zero-order chi connectivity index (χ0) is 27.9. The predicted octanol–water partition coefficient (Wildman–Crippen LogP) is 4.49. The molecular weight excluding hydrogens is 516 g/mol. The van der Waals surface area contributed by atoms with Crippen molar-refractivity contribution >= 4 is 27.9 Å². The molecule has 0 atom stereocenters. The smallest absolute Gasteiger partial charge is 0.164 e. The van der Waals surface area contributed by atoms with E-state index in [1.54, 1.807) is 7.11 Å². The number of nitrogen functional groups attached to an aromatic ring is 1. The van der Waals surface area contributed by atoms with E-state index in [4.69, 9.17) is 20.6 Å². The predicted molar refractivity (Wildman–Crippen MR) is 159 cm³/mol. The van der Waals surface area contributed by atoms with Gasteiger partial charge in [0.25, 0.3) is 0 Å². The molecule has 4 heterocycles. The van der Waals surface area contributed by atoms with Gasteiger partial charge >= 0.3 is 0 Å². The van der Waals surface area contributed by atoms with Crippen molar-refractivity contribution in [1.82, 2.24) is 34.6 Å². The number of aliphatic hydroxyl groups is 1. The number of nitrogens with zero attached hydrogens (tertiary/aromatic N) is 6. The number of hydrogen-bond acceptors (Lipinski definition) is 8. The number of likely N-dealkylation sites (tertiary alicyclic amines) is 1. The van der Waals surface area contributed by atoms with Crippen molar-refractivity contribution in [2.24, 2.45) is 0 Å². The van der Waals surface area contributed by atoms with Gasteiger partial charge in [0.15, 0.2) is 5.65 Å². The molecule has 2 aromatic carbocycles. The Hall–Kier alpha value is -4.02. The minimum Gasteiger partial charge on any atom is -0.496 e. The van der Waals surface area contributed by atoms with Crippen molar-refractivity contribution in [2.45, 2.75) is 63.1 Å². The van der Waals surface area contributed by atoms with Crippen LogP contribution in [0.2, 0.25) is 0 Å². The van der Waals surface area contributed by atoms with E-state index >= 15 is 0 Å². The van der Waals surface area contributed by atoms with Gasteiger partial charge in [-0.3, -0.25) is 0 Å². The summed E-state index contributed by atoms with van der Waals surface area (Å²) in [7, 11) is 1.69. The number of ether oxygens (including phenoxy) is 1. The lowest BCUT2D eigenvalue weighted by Crippen LogP contribution is -2.44. The van der Waals surface area contributed by atoms with Crippen LogP contribution in [0.5, 0.6) is 5.75 Å². The molecule has 1 saturated heterocycles. The zero-order valence-electron chi connectivity index (χ0n) is 23.3. The number of benzene rings is 2. The summed E-state index contributed by atoms with van der Waals surface area (Å²) in [5.74, 6) is 2.17. The molecule has 0 radical (unpaired) electrons. The SMILES string of the molecule is COc1ccccc1Cc1nc2ccc(-c3nn(C4CCC(N5CCC(O)CC5)CC4)c4ncnc(N)c34)cc2[nH]1.